The van der Waals surface area contributed by atoms with Crippen LogP contribution in [0.1, 0.15) is 2.74 Å². The molecule has 0 unspecified atom stereocenters. The fourth-order valence-electron chi connectivity index (χ4n) is 7.73. The highest BCUT2D eigenvalue weighted by atomic mass is 32.1. The van der Waals surface area contributed by atoms with E-state index in [1.807, 2.05) is 41.7 Å². The summed E-state index contributed by atoms with van der Waals surface area (Å²) in [6, 6.07) is 61.4. The number of thiophene rings is 1. The molecule has 0 atom stereocenters. The van der Waals surface area contributed by atoms with Gasteiger partial charge in [-0.05, 0) is 95.5 Å². The molecule has 10 rings (SSSR count). The highest BCUT2D eigenvalue weighted by Crippen LogP contribution is 2.49. The van der Waals surface area contributed by atoms with E-state index in [0.717, 1.165) is 21.9 Å². The van der Waals surface area contributed by atoms with E-state index in [9.17, 15) is 0 Å². The molecule has 0 N–H and O–H groups in total. The van der Waals surface area contributed by atoms with Crippen molar-refractivity contribution in [2.75, 3.05) is 0 Å². The van der Waals surface area contributed by atoms with Crippen LogP contribution in [0.15, 0.2) is 182 Å². The Kier molecular flexibility index (Phi) is 6.00. The SMILES string of the molecule is [2H]c1ccc(-c2cc(-c3c4ccccc4c(-c4ccccc4-c4ccc5cc([2H])ccc5c4)c4ccccc34)cc3c2sc2ccccc23)cc1. The number of hydrogen-bond acceptors (Lipinski definition) is 1. The van der Waals surface area contributed by atoms with Crippen LogP contribution in [0.25, 0.3) is 97.0 Å². The Morgan fingerprint density at radius 1 is 0.347 bits per heavy atom. The van der Waals surface area contributed by atoms with Crippen LogP contribution in [0.4, 0.5) is 0 Å². The van der Waals surface area contributed by atoms with Crippen LogP contribution in [0, 0.1) is 0 Å². The van der Waals surface area contributed by atoms with Crippen LogP contribution in [0.3, 0.4) is 0 Å². The predicted molar refractivity (Wildman–Crippen MR) is 214 cm³/mol. The van der Waals surface area contributed by atoms with Crippen LogP contribution in [-0.4, -0.2) is 0 Å². The minimum absolute atomic E-state index is 0.515. The molecule has 0 spiro atoms. The third-order valence-corrected chi connectivity index (χ3v) is 11.1. The molecule has 0 aliphatic carbocycles. The second-order valence-corrected chi connectivity index (χ2v) is 13.7. The molecule has 0 aliphatic heterocycles. The lowest BCUT2D eigenvalue weighted by Gasteiger charge is -2.20. The first-order valence-corrected chi connectivity index (χ1v) is 17.5. The first kappa shape index (κ1) is 26.0. The molecule has 49 heavy (non-hydrogen) atoms. The third kappa shape index (κ3) is 4.51. The zero-order chi connectivity index (χ0) is 34.1. The van der Waals surface area contributed by atoms with Crippen molar-refractivity contribution < 1.29 is 2.74 Å². The van der Waals surface area contributed by atoms with Gasteiger partial charge in [0, 0.05) is 25.7 Å². The van der Waals surface area contributed by atoms with Crippen molar-refractivity contribution in [3.05, 3.63) is 182 Å². The van der Waals surface area contributed by atoms with Gasteiger partial charge in [0.15, 0.2) is 0 Å². The van der Waals surface area contributed by atoms with Crippen molar-refractivity contribution in [1.29, 1.82) is 0 Å². The number of hydrogen-bond donors (Lipinski definition) is 0. The molecule has 10 aromatic rings. The third-order valence-electron chi connectivity index (χ3n) is 9.92. The maximum atomic E-state index is 8.16. The Hall–Kier alpha value is -6.02. The van der Waals surface area contributed by atoms with Gasteiger partial charge in [-0.2, -0.15) is 0 Å². The maximum Gasteiger partial charge on any atom is 0.0623 e. The Morgan fingerprint density at radius 3 is 1.73 bits per heavy atom. The van der Waals surface area contributed by atoms with Crippen molar-refractivity contribution >= 4 is 63.8 Å². The highest BCUT2D eigenvalue weighted by molar-refractivity contribution is 7.26. The molecule has 0 saturated heterocycles. The Balaban J connectivity index is 1.28. The van der Waals surface area contributed by atoms with Gasteiger partial charge >= 0.3 is 0 Å². The fourth-order valence-corrected chi connectivity index (χ4v) is 8.95. The normalized spacial score (nSPS) is 12.2. The molecule has 0 nitrogen and oxygen atoms in total. The molecule has 0 fully saturated rings. The van der Waals surface area contributed by atoms with Gasteiger partial charge in [0.2, 0.25) is 0 Å². The molecule has 9 aromatic carbocycles. The first-order valence-electron chi connectivity index (χ1n) is 17.7. The van der Waals surface area contributed by atoms with Gasteiger partial charge in [0.05, 0.1) is 2.74 Å². The Morgan fingerprint density at radius 2 is 0.980 bits per heavy atom. The smallest absolute Gasteiger partial charge is 0.0623 e. The first-order chi connectivity index (χ1) is 25.1. The van der Waals surface area contributed by atoms with Crippen LogP contribution in [-0.2, 0) is 0 Å². The molecule has 0 saturated carbocycles. The Labute approximate surface area is 292 Å². The van der Waals surface area contributed by atoms with E-state index in [0.29, 0.717) is 12.1 Å². The molecular formula is C48H30S. The van der Waals surface area contributed by atoms with Gasteiger partial charge in [-0.15, -0.1) is 11.3 Å². The lowest BCUT2D eigenvalue weighted by atomic mass is 9.83. The summed E-state index contributed by atoms with van der Waals surface area (Å²) in [5.74, 6) is 0. The number of benzene rings is 9. The topological polar surface area (TPSA) is 0 Å². The molecule has 0 amide bonds. The minimum atomic E-state index is 0.515. The summed E-state index contributed by atoms with van der Waals surface area (Å²) in [7, 11) is 0. The summed E-state index contributed by atoms with van der Waals surface area (Å²) in [5.41, 5.74) is 9.51. The molecule has 0 radical (unpaired) electrons. The molecule has 0 bridgehead atoms. The Bertz CT molecular complexity index is 2930. The fraction of sp³-hybridized carbons (Fsp3) is 0. The van der Waals surface area contributed by atoms with Crippen LogP contribution in [0.5, 0.6) is 0 Å². The molecule has 1 aromatic heterocycles. The van der Waals surface area contributed by atoms with Gasteiger partial charge in [0.25, 0.3) is 0 Å². The second kappa shape index (κ2) is 11.3. The van der Waals surface area contributed by atoms with Gasteiger partial charge in [-0.25, -0.2) is 0 Å². The second-order valence-electron chi connectivity index (χ2n) is 12.7. The number of rotatable bonds is 4. The number of fused-ring (bicyclic) bond motifs is 6. The van der Waals surface area contributed by atoms with E-state index in [-0.39, 0.29) is 0 Å². The van der Waals surface area contributed by atoms with Crippen LogP contribution in [0.2, 0.25) is 0 Å². The summed E-state index contributed by atoms with van der Waals surface area (Å²) in [6.07, 6.45) is 0. The van der Waals surface area contributed by atoms with E-state index >= 15 is 0 Å². The maximum absolute atomic E-state index is 8.16. The molecule has 1 heterocycles. The van der Waals surface area contributed by atoms with Crippen molar-refractivity contribution in [1.82, 2.24) is 0 Å². The molecule has 228 valence electrons. The summed E-state index contributed by atoms with van der Waals surface area (Å²) in [5, 5.41) is 9.60. The lowest BCUT2D eigenvalue weighted by molar-refractivity contribution is 1.62. The standard InChI is InChI=1S/C48H30S/c1-2-15-32(16-3-1)43-29-35(30-44-37-19-12-13-25-45(37)49-48(43)44)46-39-21-8-10-23-41(39)47(42-24-11-9-22-40(42)46)38-20-7-6-18-36(38)34-27-26-31-14-4-5-17-33(31)28-34/h1-30H/i1D,4D. The average molecular weight is 641 g/mol. The van der Waals surface area contributed by atoms with E-state index < -0.39 is 0 Å². The highest BCUT2D eigenvalue weighted by Gasteiger charge is 2.21. The molecular weight excluding hydrogens is 609 g/mol. The quantitative estimate of drug-likeness (QED) is 0.168. The lowest BCUT2D eigenvalue weighted by Crippen LogP contribution is -1.93. The van der Waals surface area contributed by atoms with Crippen molar-refractivity contribution in [2.24, 2.45) is 0 Å². The summed E-state index contributed by atoms with van der Waals surface area (Å²) in [6.45, 7) is 0. The zero-order valence-electron chi connectivity index (χ0n) is 28.6. The predicted octanol–water partition coefficient (Wildman–Crippen LogP) is 14.2. The van der Waals surface area contributed by atoms with Crippen molar-refractivity contribution in [3.63, 3.8) is 0 Å². The van der Waals surface area contributed by atoms with Crippen LogP contribution >= 0.6 is 11.3 Å². The van der Waals surface area contributed by atoms with Crippen LogP contribution < -0.4 is 0 Å². The molecule has 1 heteroatoms. The van der Waals surface area contributed by atoms with E-state index in [2.05, 4.69) is 140 Å². The summed E-state index contributed by atoms with van der Waals surface area (Å²) < 4.78 is 18.8. The molecule has 0 aliphatic rings. The van der Waals surface area contributed by atoms with Gasteiger partial charge in [-0.3, -0.25) is 0 Å². The van der Waals surface area contributed by atoms with E-state index in [1.54, 1.807) is 0 Å². The van der Waals surface area contributed by atoms with Gasteiger partial charge in [0.1, 0.15) is 0 Å². The van der Waals surface area contributed by atoms with E-state index in [1.165, 1.54) is 75.1 Å². The largest absolute Gasteiger partial charge is 0.135 e. The van der Waals surface area contributed by atoms with Crippen molar-refractivity contribution in [2.45, 2.75) is 0 Å². The monoisotopic (exact) mass is 640 g/mol. The summed E-state index contributed by atoms with van der Waals surface area (Å²) >= 11 is 1.84. The van der Waals surface area contributed by atoms with Gasteiger partial charge < -0.3 is 0 Å². The van der Waals surface area contributed by atoms with E-state index in [4.69, 9.17) is 2.74 Å². The minimum Gasteiger partial charge on any atom is -0.135 e. The summed E-state index contributed by atoms with van der Waals surface area (Å²) in [4.78, 5) is 0. The average Bonchev–Trinajstić information content (AvgIpc) is 3.55. The zero-order valence-corrected chi connectivity index (χ0v) is 27.4. The van der Waals surface area contributed by atoms with Gasteiger partial charge in [-0.1, -0.05) is 158 Å². The van der Waals surface area contributed by atoms with Crippen molar-refractivity contribution in [3.8, 4) is 44.5 Å².